The van der Waals surface area contributed by atoms with Gasteiger partial charge in [0, 0.05) is 6.04 Å². The van der Waals surface area contributed by atoms with Crippen molar-refractivity contribution in [3.05, 3.63) is 30.3 Å². The van der Waals surface area contributed by atoms with Crippen LogP contribution in [0.15, 0.2) is 29.0 Å². The monoisotopic (exact) mass is 217 g/mol. The van der Waals surface area contributed by atoms with Crippen molar-refractivity contribution >= 4 is 17.3 Å². The molecule has 2 heterocycles. The summed E-state index contributed by atoms with van der Waals surface area (Å²) in [6.07, 6.45) is 7.25. The van der Waals surface area contributed by atoms with E-state index in [1.807, 2.05) is 24.3 Å². The standard InChI is InChI=1S/C12H15N3O/c1-2-9(13)4-3-5-10-6-7-11-12(15-10)16-8-14-11/h3,5-9H,2,4,13H2,1H3. The van der Waals surface area contributed by atoms with Crippen molar-refractivity contribution in [1.82, 2.24) is 9.97 Å². The summed E-state index contributed by atoms with van der Waals surface area (Å²) in [7, 11) is 0. The van der Waals surface area contributed by atoms with E-state index in [0.717, 1.165) is 24.1 Å². The van der Waals surface area contributed by atoms with E-state index >= 15 is 0 Å². The van der Waals surface area contributed by atoms with Crippen LogP contribution in [0.25, 0.3) is 17.3 Å². The van der Waals surface area contributed by atoms with Crippen LogP contribution in [-0.4, -0.2) is 16.0 Å². The molecule has 0 radical (unpaired) electrons. The maximum atomic E-state index is 5.81. The highest BCUT2D eigenvalue weighted by atomic mass is 16.3. The molecule has 2 rings (SSSR count). The number of nitrogens with zero attached hydrogens (tertiary/aromatic N) is 2. The number of aromatic nitrogens is 2. The molecular formula is C12H15N3O. The summed E-state index contributed by atoms with van der Waals surface area (Å²) in [6.45, 7) is 2.08. The maximum Gasteiger partial charge on any atom is 0.247 e. The zero-order valence-electron chi connectivity index (χ0n) is 9.26. The van der Waals surface area contributed by atoms with Crippen LogP contribution in [0.2, 0.25) is 0 Å². The number of hydrogen-bond acceptors (Lipinski definition) is 4. The van der Waals surface area contributed by atoms with Gasteiger partial charge in [-0.2, -0.15) is 0 Å². The third-order valence-corrected chi connectivity index (χ3v) is 2.47. The summed E-state index contributed by atoms with van der Waals surface area (Å²) in [5.74, 6) is 0. The average molecular weight is 217 g/mol. The molecule has 0 saturated carbocycles. The molecular weight excluding hydrogens is 202 g/mol. The summed E-state index contributed by atoms with van der Waals surface area (Å²) < 4.78 is 5.13. The fourth-order valence-electron chi connectivity index (χ4n) is 1.39. The van der Waals surface area contributed by atoms with Crippen molar-refractivity contribution in [1.29, 1.82) is 0 Å². The number of oxazole rings is 1. The normalized spacial score (nSPS) is 13.6. The van der Waals surface area contributed by atoms with E-state index in [9.17, 15) is 0 Å². The molecule has 4 heteroatoms. The van der Waals surface area contributed by atoms with Gasteiger partial charge in [0.25, 0.3) is 0 Å². The largest absolute Gasteiger partial charge is 0.425 e. The van der Waals surface area contributed by atoms with E-state index in [4.69, 9.17) is 10.2 Å². The number of hydrogen-bond donors (Lipinski definition) is 1. The number of pyridine rings is 1. The topological polar surface area (TPSA) is 64.9 Å². The van der Waals surface area contributed by atoms with E-state index in [2.05, 4.69) is 16.9 Å². The number of fused-ring (bicyclic) bond motifs is 1. The van der Waals surface area contributed by atoms with Gasteiger partial charge in [-0.1, -0.05) is 13.0 Å². The second kappa shape index (κ2) is 4.90. The highest BCUT2D eigenvalue weighted by Crippen LogP contribution is 2.11. The van der Waals surface area contributed by atoms with Crippen molar-refractivity contribution in [2.75, 3.05) is 0 Å². The van der Waals surface area contributed by atoms with Gasteiger partial charge in [0.15, 0.2) is 6.39 Å². The van der Waals surface area contributed by atoms with Gasteiger partial charge in [-0.3, -0.25) is 0 Å². The van der Waals surface area contributed by atoms with Crippen LogP contribution in [0.3, 0.4) is 0 Å². The zero-order valence-corrected chi connectivity index (χ0v) is 9.26. The van der Waals surface area contributed by atoms with Crippen LogP contribution in [0, 0.1) is 0 Å². The van der Waals surface area contributed by atoms with Gasteiger partial charge < -0.3 is 10.2 Å². The van der Waals surface area contributed by atoms with Crippen molar-refractivity contribution < 1.29 is 4.42 Å². The quantitative estimate of drug-likeness (QED) is 0.853. The molecule has 16 heavy (non-hydrogen) atoms. The Bertz CT molecular complexity index is 490. The number of rotatable bonds is 4. The second-order valence-electron chi connectivity index (χ2n) is 3.72. The fraction of sp³-hybridized carbons (Fsp3) is 0.333. The molecule has 2 aromatic rings. The van der Waals surface area contributed by atoms with Gasteiger partial charge in [-0.05, 0) is 31.1 Å². The van der Waals surface area contributed by atoms with Crippen LogP contribution < -0.4 is 5.73 Å². The van der Waals surface area contributed by atoms with Gasteiger partial charge in [0.1, 0.15) is 5.52 Å². The predicted octanol–water partition coefficient (Wildman–Crippen LogP) is 2.36. The van der Waals surface area contributed by atoms with Crippen LogP contribution in [0.5, 0.6) is 0 Å². The predicted molar refractivity (Wildman–Crippen MR) is 63.7 cm³/mol. The molecule has 2 aromatic heterocycles. The molecule has 0 aliphatic rings. The summed E-state index contributed by atoms with van der Waals surface area (Å²) in [4.78, 5) is 8.31. The van der Waals surface area contributed by atoms with Crippen LogP contribution >= 0.6 is 0 Å². The SMILES string of the molecule is CCC(N)CC=Cc1ccc2ncoc2n1. The Hall–Kier alpha value is -1.68. The minimum atomic E-state index is 0.227. The first-order valence-electron chi connectivity index (χ1n) is 5.42. The lowest BCUT2D eigenvalue weighted by atomic mass is 10.1. The van der Waals surface area contributed by atoms with E-state index in [1.54, 1.807) is 0 Å². The zero-order chi connectivity index (χ0) is 11.4. The molecule has 0 aliphatic carbocycles. The van der Waals surface area contributed by atoms with Crippen molar-refractivity contribution in [2.45, 2.75) is 25.8 Å². The molecule has 0 aliphatic heterocycles. The Balaban J connectivity index is 2.08. The van der Waals surface area contributed by atoms with E-state index in [0.29, 0.717) is 5.71 Å². The molecule has 0 aromatic carbocycles. The van der Waals surface area contributed by atoms with E-state index in [-0.39, 0.29) is 6.04 Å². The van der Waals surface area contributed by atoms with Crippen LogP contribution in [0.1, 0.15) is 25.5 Å². The third-order valence-electron chi connectivity index (χ3n) is 2.47. The molecule has 2 N–H and O–H groups in total. The minimum Gasteiger partial charge on any atom is -0.425 e. The molecule has 1 atom stereocenters. The summed E-state index contributed by atoms with van der Waals surface area (Å²) in [6, 6.07) is 4.04. The average Bonchev–Trinajstić information content (AvgIpc) is 2.76. The number of nitrogens with two attached hydrogens (primary N) is 1. The van der Waals surface area contributed by atoms with Crippen molar-refractivity contribution in [3.8, 4) is 0 Å². The Morgan fingerprint density at radius 3 is 3.19 bits per heavy atom. The Morgan fingerprint density at radius 2 is 2.38 bits per heavy atom. The van der Waals surface area contributed by atoms with E-state index in [1.165, 1.54) is 6.39 Å². The third kappa shape index (κ3) is 2.46. The first kappa shape index (κ1) is 10.8. The maximum absolute atomic E-state index is 5.81. The minimum absolute atomic E-state index is 0.227. The van der Waals surface area contributed by atoms with Gasteiger partial charge in [-0.15, -0.1) is 0 Å². The lowest BCUT2D eigenvalue weighted by Crippen LogP contribution is -2.16. The second-order valence-corrected chi connectivity index (χ2v) is 3.72. The molecule has 4 nitrogen and oxygen atoms in total. The Kier molecular flexibility index (Phi) is 3.31. The van der Waals surface area contributed by atoms with E-state index < -0.39 is 0 Å². The van der Waals surface area contributed by atoms with Crippen LogP contribution in [0.4, 0.5) is 0 Å². The molecule has 0 saturated heterocycles. The smallest absolute Gasteiger partial charge is 0.247 e. The lowest BCUT2D eigenvalue weighted by molar-refractivity contribution is 0.590. The molecule has 1 unspecified atom stereocenters. The molecule has 0 fully saturated rings. The van der Waals surface area contributed by atoms with Gasteiger partial charge in [0.2, 0.25) is 5.71 Å². The summed E-state index contributed by atoms with van der Waals surface area (Å²) in [5.41, 5.74) is 8.03. The summed E-state index contributed by atoms with van der Waals surface area (Å²) in [5, 5.41) is 0. The molecule has 0 spiro atoms. The van der Waals surface area contributed by atoms with Crippen molar-refractivity contribution in [2.24, 2.45) is 5.73 Å². The molecule has 0 bridgehead atoms. The van der Waals surface area contributed by atoms with Gasteiger partial charge in [-0.25, -0.2) is 9.97 Å². The Labute approximate surface area is 94.2 Å². The fourth-order valence-corrected chi connectivity index (χ4v) is 1.39. The first-order valence-corrected chi connectivity index (χ1v) is 5.42. The highest BCUT2D eigenvalue weighted by molar-refractivity contribution is 5.69. The van der Waals surface area contributed by atoms with Crippen LogP contribution in [-0.2, 0) is 0 Å². The first-order chi connectivity index (χ1) is 7.79. The van der Waals surface area contributed by atoms with Crippen molar-refractivity contribution in [3.63, 3.8) is 0 Å². The summed E-state index contributed by atoms with van der Waals surface area (Å²) >= 11 is 0. The molecule has 84 valence electrons. The highest BCUT2D eigenvalue weighted by Gasteiger charge is 1.99. The lowest BCUT2D eigenvalue weighted by Gasteiger charge is -2.02. The molecule has 0 amide bonds. The van der Waals surface area contributed by atoms with Gasteiger partial charge in [0.05, 0.1) is 5.69 Å². The Morgan fingerprint density at radius 1 is 1.50 bits per heavy atom. The van der Waals surface area contributed by atoms with Gasteiger partial charge >= 0.3 is 0 Å².